The highest BCUT2D eigenvalue weighted by atomic mass is 16.5. The standard InChI is InChI=1S/C54H36B3NO/c1-2-18-37(19-3-1)40-22-4-6-24-42(40)56-44-26-8-12-32-50(44)58-51-33-13-9-27-45(51)57(49-31-17-30-48(56)54(49)58)43-25-7-5-23-41(43)38-20-16-21-39(36-38)55-46-28-10-14-34-52(46)59-53-35-15-11-29-47(53)55/h1-36H. The molecule has 9 aromatic carbocycles. The number of ether oxygens (including phenoxy) is 1. The Hall–Kier alpha value is -7.23. The number of rotatable bonds is 5. The van der Waals surface area contributed by atoms with Gasteiger partial charge in [0, 0.05) is 17.1 Å². The zero-order valence-corrected chi connectivity index (χ0v) is 32.4. The highest BCUT2D eigenvalue weighted by Gasteiger charge is 2.44. The molecule has 12 rings (SSSR count). The zero-order chi connectivity index (χ0) is 38.9. The first-order chi connectivity index (χ1) is 29.3. The maximum absolute atomic E-state index is 6.42. The van der Waals surface area contributed by atoms with Crippen LogP contribution < -0.4 is 58.8 Å². The van der Waals surface area contributed by atoms with E-state index in [1.165, 1.54) is 88.5 Å². The normalized spacial score (nSPS) is 13.1. The summed E-state index contributed by atoms with van der Waals surface area (Å²) in [5.41, 5.74) is 20.3. The van der Waals surface area contributed by atoms with Crippen molar-refractivity contribution in [3.8, 4) is 33.8 Å². The number of benzene rings is 9. The lowest BCUT2D eigenvalue weighted by atomic mass is 9.30. The molecule has 0 aliphatic carbocycles. The lowest BCUT2D eigenvalue weighted by Crippen LogP contribution is -2.65. The predicted octanol–water partition coefficient (Wildman–Crippen LogP) is 6.77. The highest BCUT2D eigenvalue weighted by molar-refractivity contribution is 7.03. The van der Waals surface area contributed by atoms with E-state index in [9.17, 15) is 0 Å². The first kappa shape index (κ1) is 33.9. The van der Waals surface area contributed by atoms with Crippen LogP contribution in [0.5, 0.6) is 11.5 Å². The smallest absolute Gasteiger partial charge is 0.250 e. The number of nitrogens with zero attached hydrogens (tertiary/aromatic N) is 1. The zero-order valence-electron chi connectivity index (χ0n) is 32.4. The van der Waals surface area contributed by atoms with Gasteiger partial charge in [-0.15, -0.1) is 0 Å². The number of hydrogen-bond donors (Lipinski definition) is 0. The minimum atomic E-state index is 0.0112. The highest BCUT2D eigenvalue weighted by Crippen LogP contribution is 2.38. The second-order valence-electron chi connectivity index (χ2n) is 15.9. The first-order valence-corrected chi connectivity index (χ1v) is 20.6. The number of hydrogen-bond acceptors (Lipinski definition) is 2. The fraction of sp³-hybridized carbons (Fsp3) is 0. The van der Waals surface area contributed by atoms with Crippen molar-refractivity contribution in [2.45, 2.75) is 0 Å². The van der Waals surface area contributed by atoms with Gasteiger partial charge in [0.1, 0.15) is 11.5 Å². The lowest BCUT2D eigenvalue weighted by Gasteiger charge is -2.44. The van der Waals surface area contributed by atoms with E-state index in [2.05, 4.69) is 223 Å². The Labute approximate surface area is 346 Å². The molecule has 0 atom stereocenters. The summed E-state index contributed by atoms with van der Waals surface area (Å²) in [6.07, 6.45) is 0. The van der Waals surface area contributed by atoms with Gasteiger partial charge in [-0.25, -0.2) is 0 Å². The third kappa shape index (κ3) is 5.31. The summed E-state index contributed by atoms with van der Waals surface area (Å²) in [5, 5.41) is 0. The Morgan fingerprint density at radius 1 is 0.305 bits per heavy atom. The Kier molecular flexibility index (Phi) is 7.87. The Bertz CT molecular complexity index is 3040. The fourth-order valence-electron chi connectivity index (χ4n) is 10.3. The van der Waals surface area contributed by atoms with Crippen molar-refractivity contribution >= 4 is 86.4 Å². The molecule has 0 saturated carbocycles. The van der Waals surface area contributed by atoms with Crippen LogP contribution in [-0.2, 0) is 0 Å². The van der Waals surface area contributed by atoms with Crippen molar-refractivity contribution in [2.75, 3.05) is 4.90 Å². The van der Waals surface area contributed by atoms with Gasteiger partial charge in [-0.05, 0) is 79.3 Å². The van der Waals surface area contributed by atoms with E-state index in [4.69, 9.17) is 4.74 Å². The van der Waals surface area contributed by atoms with E-state index in [0.29, 0.717) is 0 Å². The van der Waals surface area contributed by atoms with Crippen LogP contribution >= 0.6 is 0 Å². The molecule has 272 valence electrons. The summed E-state index contributed by atoms with van der Waals surface area (Å²) in [6.45, 7) is 0.123. The van der Waals surface area contributed by atoms with Crippen LogP contribution in [0.4, 0.5) is 17.1 Å². The minimum Gasteiger partial charge on any atom is -0.458 e. The molecule has 3 heterocycles. The summed E-state index contributed by atoms with van der Waals surface area (Å²) >= 11 is 0. The molecular weight excluding hydrogens is 711 g/mol. The van der Waals surface area contributed by atoms with Crippen LogP contribution in [0.1, 0.15) is 0 Å². The van der Waals surface area contributed by atoms with Crippen LogP contribution in [0.2, 0.25) is 0 Å². The Balaban J connectivity index is 1.05. The molecule has 0 N–H and O–H groups in total. The van der Waals surface area contributed by atoms with Gasteiger partial charge in [-0.3, -0.25) is 0 Å². The summed E-state index contributed by atoms with van der Waals surface area (Å²) in [6, 6.07) is 80.3. The quantitative estimate of drug-likeness (QED) is 0.181. The van der Waals surface area contributed by atoms with Gasteiger partial charge in [-0.1, -0.05) is 211 Å². The third-order valence-electron chi connectivity index (χ3n) is 12.8. The molecule has 0 amide bonds. The topological polar surface area (TPSA) is 12.5 Å². The maximum Gasteiger partial charge on any atom is 0.250 e. The molecule has 0 radical (unpaired) electrons. The molecule has 2 nitrogen and oxygen atoms in total. The Morgan fingerprint density at radius 2 is 0.729 bits per heavy atom. The molecule has 0 unspecified atom stereocenters. The summed E-state index contributed by atoms with van der Waals surface area (Å²) in [4.78, 5) is 2.55. The molecule has 0 saturated heterocycles. The van der Waals surface area contributed by atoms with Crippen molar-refractivity contribution in [1.82, 2.24) is 0 Å². The molecule has 0 spiro atoms. The van der Waals surface area contributed by atoms with E-state index in [-0.39, 0.29) is 20.1 Å². The van der Waals surface area contributed by atoms with Crippen LogP contribution in [0.3, 0.4) is 0 Å². The van der Waals surface area contributed by atoms with Gasteiger partial charge < -0.3 is 9.64 Å². The lowest BCUT2D eigenvalue weighted by molar-refractivity contribution is 0.487. The van der Waals surface area contributed by atoms with E-state index in [1.54, 1.807) is 0 Å². The van der Waals surface area contributed by atoms with E-state index < -0.39 is 0 Å². The summed E-state index contributed by atoms with van der Waals surface area (Å²) < 4.78 is 6.42. The monoisotopic (exact) mass is 747 g/mol. The van der Waals surface area contributed by atoms with Crippen molar-refractivity contribution < 1.29 is 4.74 Å². The van der Waals surface area contributed by atoms with Crippen molar-refractivity contribution in [3.63, 3.8) is 0 Å². The van der Waals surface area contributed by atoms with Crippen molar-refractivity contribution in [1.29, 1.82) is 0 Å². The molecule has 3 aliphatic heterocycles. The van der Waals surface area contributed by atoms with Gasteiger partial charge >= 0.3 is 0 Å². The Morgan fingerprint density at radius 3 is 1.32 bits per heavy atom. The number of fused-ring (bicyclic) bond motifs is 6. The largest absolute Gasteiger partial charge is 0.458 e. The molecule has 9 aromatic rings. The summed E-state index contributed by atoms with van der Waals surface area (Å²) in [7, 11) is 0. The minimum absolute atomic E-state index is 0.0112. The molecule has 0 bridgehead atoms. The van der Waals surface area contributed by atoms with Gasteiger partial charge in [0.15, 0.2) is 0 Å². The number of para-hydroxylation sites is 5. The van der Waals surface area contributed by atoms with E-state index in [0.717, 1.165) is 11.5 Å². The molecule has 3 aliphatic rings. The van der Waals surface area contributed by atoms with Crippen LogP contribution in [0.15, 0.2) is 218 Å². The molecular formula is C54H36B3NO. The second-order valence-corrected chi connectivity index (χ2v) is 15.9. The SMILES string of the molecule is c1ccc(-c2ccccc2B2c3ccccc3N3c4ccccc4B(c4ccccc4-c4cccc(B5c6ccccc6Oc6ccccc65)c4)c4cccc2c43)cc1. The molecule has 0 aromatic heterocycles. The average Bonchev–Trinajstić information content (AvgIpc) is 3.31. The van der Waals surface area contributed by atoms with Gasteiger partial charge in [0.2, 0.25) is 13.4 Å². The molecule has 0 fully saturated rings. The summed E-state index contributed by atoms with van der Waals surface area (Å²) in [5.74, 6) is 1.84. The number of anilines is 3. The first-order valence-electron chi connectivity index (χ1n) is 20.6. The van der Waals surface area contributed by atoms with Gasteiger partial charge in [0.05, 0.1) is 0 Å². The van der Waals surface area contributed by atoms with Gasteiger partial charge in [0.25, 0.3) is 6.71 Å². The van der Waals surface area contributed by atoms with Crippen LogP contribution in [0.25, 0.3) is 22.3 Å². The molecule has 5 heteroatoms. The van der Waals surface area contributed by atoms with Crippen molar-refractivity contribution in [2.24, 2.45) is 0 Å². The van der Waals surface area contributed by atoms with E-state index >= 15 is 0 Å². The van der Waals surface area contributed by atoms with Gasteiger partial charge in [-0.2, -0.15) is 0 Å². The van der Waals surface area contributed by atoms with Crippen LogP contribution in [-0.4, -0.2) is 20.1 Å². The fourth-order valence-corrected chi connectivity index (χ4v) is 10.3. The molecule has 59 heavy (non-hydrogen) atoms. The third-order valence-corrected chi connectivity index (χ3v) is 12.8. The van der Waals surface area contributed by atoms with E-state index in [1.807, 2.05) is 0 Å². The predicted molar refractivity (Wildman–Crippen MR) is 252 cm³/mol. The van der Waals surface area contributed by atoms with Crippen molar-refractivity contribution in [3.05, 3.63) is 218 Å². The maximum atomic E-state index is 6.42. The van der Waals surface area contributed by atoms with Crippen LogP contribution in [0, 0.1) is 0 Å². The second kappa shape index (κ2) is 13.7. The average molecular weight is 747 g/mol.